The van der Waals surface area contributed by atoms with Gasteiger partial charge < -0.3 is 14.5 Å². The Labute approximate surface area is 187 Å². The summed E-state index contributed by atoms with van der Waals surface area (Å²) in [5.41, 5.74) is 1.20. The second-order valence-electron chi connectivity index (χ2n) is 8.29. The van der Waals surface area contributed by atoms with Crippen molar-refractivity contribution in [1.82, 2.24) is 14.3 Å². The quantitative estimate of drug-likeness (QED) is 0.640. The van der Waals surface area contributed by atoms with E-state index in [1.807, 2.05) is 30.0 Å². The third kappa shape index (κ3) is 5.42. The third-order valence-corrected chi connectivity index (χ3v) is 6.94. The molecule has 8 heteroatoms. The van der Waals surface area contributed by atoms with E-state index in [2.05, 4.69) is 21.4 Å². The monoisotopic (exact) mass is 442 g/mol. The highest BCUT2D eigenvalue weighted by molar-refractivity contribution is 7.09. The van der Waals surface area contributed by atoms with Crippen LogP contribution >= 0.6 is 11.5 Å². The van der Waals surface area contributed by atoms with Crippen LogP contribution in [0.15, 0.2) is 30.3 Å². The molecule has 2 aliphatic rings. The van der Waals surface area contributed by atoms with E-state index < -0.39 is 0 Å². The molecular weight excluding hydrogens is 412 g/mol. The molecule has 0 spiro atoms. The molecule has 166 valence electrons. The fourth-order valence-electron chi connectivity index (χ4n) is 4.43. The number of piperidine rings is 2. The Kier molecular flexibility index (Phi) is 7.17. The topological polar surface area (TPSA) is 75.6 Å². The van der Waals surface area contributed by atoms with Gasteiger partial charge in [0.1, 0.15) is 5.82 Å². The van der Waals surface area contributed by atoms with E-state index in [1.165, 1.54) is 17.1 Å². The van der Waals surface area contributed by atoms with Crippen molar-refractivity contribution in [1.29, 1.82) is 0 Å². The van der Waals surface area contributed by atoms with Crippen LogP contribution < -0.4 is 4.90 Å². The molecule has 0 bridgehead atoms. The molecule has 1 amide bonds. The molecule has 0 N–H and O–H groups in total. The largest absolute Gasteiger partial charge is 0.466 e. The zero-order valence-corrected chi connectivity index (χ0v) is 18.9. The predicted octanol–water partition coefficient (Wildman–Crippen LogP) is 3.15. The fraction of sp³-hybridized carbons (Fsp3) is 0.565. The van der Waals surface area contributed by atoms with Gasteiger partial charge >= 0.3 is 5.97 Å². The Morgan fingerprint density at radius 2 is 1.87 bits per heavy atom. The Morgan fingerprint density at radius 1 is 1.10 bits per heavy atom. The minimum atomic E-state index is -0.124. The summed E-state index contributed by atoms with van der Waals surface area (Å²) in [6.45, 7) is 5.12. The molecule has 0 radical (unpaired) electrons. The van der Waals surface area contributed by atoms with Gasteiger partial charge in [0.15, 0.2) is 0 Å². The fourth-order valence-corrected chi connectivity index (χ4v) is 5.15. The first-order chi connectivity index (χ1) is 15.1. The predicted molar refractivity (Wildman–Crippen MR) is 120 cm³/mol. The van der Waals surface area contributed by atoms with Crippen molar-refractivity contribution < 1.29 is 14.3 Å². The summed E-state index contributed by atoms with van der Waals surface area (Å²) < 4.78 is 9.67. The Bertz CT molecular complexity index is 880. The second-order valence-corrected chi connectivity index (χ2v) is 9.02. The molecule has 3 heterocycles. The van der Waals surface area contributed by atoms with Crippen LogP contribution in [0.2, 0.25) is 0 Å². The van der Waals surface area contributed by atoms with E-state index >= 15 is 0 Å². The molecule has 1 unspecified atom stereocenters. The summed E-state index contributed by atoms with van der Waals surface area (Å²) in [5.74, 6) is 0.827. The lowest BCUT2D eigenvalue weighted by Gasteiger charge is -2.37. The van der Waals surface area contributed by atoms with E-state index in [0.717, 1.165) is 36.8 Å². The number of amides is 1. The number of carbonyl (C=O) groups excluding carboxylic acids is 2. The van der Waals surface area contributed by atoms with Gasteiger partial charge in [-0.1, -0.05) is 30.3 Å². The number of carbonyl (C=O) groups is 2. The zero-order valence-electron chi connectivity index (χ0n) is 18.0. The standard InChI is InChI=1S/C23H30N4O3S/c1-2-30-22(29)18-10-13-26(14-11-18)21(28)19-9-6-12-27(16-19)23-24-20(25-31-23)15-17-7-4-3-5-8-17/h3-5,7-8,18-19H,2,6,9-16H2,1H3. The highest BCUT2D eigenvalue weighted by Gasteiger charge is 2.34. The van der Waals surface area contributed by atoms with Gasteiger partial charge in [0.25, 0.3) is 0 Å². The molecule has 4 rings (SSSR count). The van der Waals surface area contributed by atoms with Gasteiger partial charge in [-0.2, -0.15) is 4.37 Å². The minimum absolute atomic E-state index is 0.0191. The van der Waals surface area contributed by atoms with Gasteiger partial charge in [-0.05, 0) is 38.2 Å². The van der Waals surface area contributed by atoms with Crippen molar-refractivity contribution >= 4 is 28.5 Å². The van der Waals surface area contributed by atoms with Gasteiger partial charge in [-0.3, -0.25) is 9.59 Å². The summed E-state index contributed by atoms with van der Waals surface area (Å²) in [4.78, 5) is 34.0. The average Bonchev–Trinajstić information content (AvgIpc) is 3.28. The third-order valence-electron chi connectivity index (χ3n) is 6.13. The number of ether oxygens (including phenoxy) is 1. The summed E-state index contributed by atoms with van der Waals surface area (Å²) in [5, 5.41) is 0.907. The number of anilines is 1. The van der Waals surface area contributed by atoms with Gasteiger partial charge in [-0.25, -0.2) is 4.98 Å². The van der Waals surface area contributed by atoms with E-state index in [0.29, 0.717) is 39.1 Å². The highest BCUT2D eigenvalue weighted by atomic mass is 32.1. The molecule has 2 aliphatic heterocycles. The number of hydrogen-bond donors (Lipinski definition) is 0. The van der Waals surface area contributed by atoms with Gasteiger partial charge in [-0.15, -0.1) is 0 Å². The molecule has 1 aromatic carbocycles. The molecule has 1 atom stereocenters. The van der Waals surface area contributed by atoms with Crippen molar-refractivity contribution in [2.24, 2.45) is 11.8 Å². The van der Waals surface area contributed by atoms with Crippen LogP contribution in [-0.4, -0.2) is 58.9 Å². The summed E-state index contributed by atoms with van der Waals surface area (Å²) in [6, 6.07) is 10.2. The van der Waals surface area contributed by atoms with Crippen molar-refractivity contribution in [2.75, 3.05) is 37.7 Å². The zero-order chi connectivity index (χ0) is 21.6. The molecule has 2 fully saturated rings. The maximum atomic E-state index is 13.1. The SMILES string of the molecule is CCOC(=O)C1CCN(C(=O)C2CCCN(c3nc(Cc4ccccc4)ns3)C2)CC1. The molecule has 7 nitrogen and oxygen atoms in total. The molecule has 0 saturated carbocycles. The second kappa shape index (κ2) is 10.2. The van der Waals surface area contributed by atoms with E-state index in [-0.39, 0.29) is 23.7 Å². The van der Waals surface area contributed by atoms with Crippen LogP contribution in [0.25, 0.3) is 0 Å². The maximum absolute atomic E-state index is 13.1. The lowest BCUT2D eigenvalue weighted by atomic mass is 9.93. The first-order valence-corrected chi connectivity index (χ1v) is 12.0. The number of hydrogen-bond acceptors (Lipinski definition) is 7. The number of benzene rings is 1. The van der Waals surface area contributed by atoms with Crippen LogP contribution in [0.1, 0.15) is 44.0 Å². The normalized spacial score (nSPS) is 20.0. The van der Waals surface area contributed by atoms with Crippen molar-refractivity contribution in [2.45, 2.75) is 39.0 Å². The molecule has 2 saturated heterocycles. The summed E-state index contributed by atoms with van der Waals surface area (Å²) in [7, 11) is 0. The molecular formula is C23H30N4O3S. The Balaban J connectivity index is 1.31. The smallest absolute Gasteiger partial charge is 0.309 e. The Hall–Kier alpha value is -2.48. The first-order valence-electron chi connectivity index (χ1n) is 11.2. The van der Waals surface area contributed by atoms with E-state index in [4.69, 9.17) is 9.72 Å². The summed E-state index contributed by atoms with van der Waals surface area (Å²) in [6.07, 6.45) is 4.00. The van der Waals surface area contributed by atoms with Crippen LogP contribution in [0.3, 0.4) is 0 Å². The number of aromatic nitrogens is 2. The van der Waals surface area contributed by atoms with Crippen molar-refractivity contribution in [3.05, 3.63) is 41.7 Å². The first kappa shape index (κ1) is 21.7. The Morgan fingerprint density at radius 3 is 2.61 bits per heavy atom. The maximum Gasteiger partial charge on any atom is 0.309 e. The number of nitrogens with zero attached hydrogens (tertiary/aromatic N) is 4. The van der Waals surface area contributed by atoms with Crippen LogP contribution in [0.4, 0.5) is 5.13 Å². The van der Waals surface area contributed by atoms with Gasteiger partial charge in [0.05, 0.1) is 18.4 Å². The number of esters is 1. The van der Waals surface area contributed by atoms with Gasteiger partial charge in [0.2, 0.25) is 11.0 Å². The highest BCUT2D eigenvalue weighted by Crippen LogP contribution is 2.28. The van der Waals surface area contributed by atoms with Crippen LogP contribution in [-0.2, 0) is 20.7 Å². The van der Waals surface area contributed by atoms with E-state index in [1.54, 1.807) is 0 Å². The lowest BCUT2D eigenvalue weighted by Crippen LogP contribution is -2.48. The average molecular weight is 443 g/mol. The van der Waals surface area contributed by atoms with Crippen LogP contribution in [0, 0.1) is 11.8 Å². The summed E-state index contributed by atoms with van der Waals surface area (Å²) >= 11 is 1.42. The van der Waals surface area contributed by atoms with Crippen molar-refractivity contribution in [3.8, 4) is 0 Å². The minimum Gasteiger partial charge on any atom is -0.466 e. The molecule has 31 heavy (non-hydrogen) atoms. The van der Waals surface area contributed by atoms with Gasteiger partial charge in [0, 0.05) is 44.1 Å². The van der Waals surface area contributed by atoms with Crippen molar-refractivity contribution in [3.63, 3.8) is 0 Å². The van der Waals surface area contributed by atoms with Crippen LogP contribution in [0.5, 0.6) is 0 Å². The molecule has 0 aliphatic carbocycles. The number of rotatable bonds is 6. The number of likely N-dealkylation sites (tertiary alicyclic amines) is 1. The molecule has 1 aromatic heterocycles. The molecule has 2 aromatic rings. The van der Waals surface area contributed by atoms with E-state index in [9.17, 15) is 9.59 Å². The lowest BCUT2D eigenvalue weighted by molar-refractivity contribution is -0.151.